The molecule has 1 atom stereocenters. The average molecular weight is 244 g/mol. The maximum atomic E-state index is 12.8. The standard InChI is InChI=1S/C16H17FO/c1-11-3-6-14(9-12(11)2)16(18)10-13-4-7-15(17)8-5-13/h3-9,16,18H,10H2,1-2H3. The van der Waals surface area contributed by atoms with Crippen molar-refractivity contribution in [2.45, 2.75) is 26.4 Å². The maximum absolute atomic E-state index is 12.8. The number of hydrogen-bond acceptors (Lipinski definition) is 1. The van der Waals surface area contributed by atoms with E-state index in [1.807, 2.05) is 32.0 Å². The zero-order valence-electron chi connectivity index (χ0n) is 10.7. The molecule has 1 unspecified atom stereocenters. The van der Waals surface area contributed by atoms with Gasteiger partial charge in [0.05, 0.1) is 6.10 Å². The first-order valence-electron chi connectivity index (χ1n) is 6.06. The lowest BCUT2D eigenvalue weighted by Gasteiger charge is -2.13. The van der Waals surface area contributed by atoms with Crippen LogP contribution in [0.3, 0.4) is 0 Å². The zero-order chi connectivity index (χ0) is 13.1. The number of hydrogen-bond donors (Lipinski definition) is 1. The molecule has 2 rings (SSSR count). The summed E-state index contributed by atoms with van der Waals surface area (Å²) >= 11 is 0. The fourth-order valence-electron chi connectivity index (χ4n) is 1.93. The van der Waals surface area contributed by atoms with Gasteiger partial charge in [0.25, 0.3) is 0 Å². The van der Waals surface area contributed by atoms with Crippen LogP contribution in [-0.2, 0) is 6.42 Å². The van der Waals surface area contributed by atoms with Crippen LogP contribution < -0.4 is 0 Å². The molecule has 0 aliphatic rings. The third-order valence-corrected chi connectivity index (χ3v) is 3.26. The van der Waals surface area contributed by atoms with Gasteiger partial charge in [-0.1, -0.05) is 30.3 Å². The SMILES string of the molecule is Cc1ccc(C(O)Cc2ccc(F)cc2)cc1C. The summed E-state index contributed by atoms with van der Waals surface area (Å²) in [5.41, 5.74) is 4.22. The topological polar surface area (TPSA) is 20.2 Å². The first-order chi connectivity index (χ1) is 8.56. The molecule has 0 bridgehead atoms. The highest BCUT2D eigenvalue weighted by molar-refractivity contribution is 5.32. The summed E-state index contributed by atoms with van der Waals surface area (Å²) in [6.07, 6.45) is -0.0438. The summed E-state index contributed by atoms with van der Waals surface area (Å²) in [6.45, 7) is 4.08. The van der Waals surface area contributed by atoms with Crippen LogP contribution in [0.4, 0.5) is 4.39 Å². The lowest BCUT2D eigenvalue weighted by atomic mass is 9.98. The normalized spacial score (nSPS) is 12.4. The second kappa shape index (κ2) is 5.32. The minimum atomic E-state index is -0.547. The first-order valence-corrected chi connectivity index (χ1v) is 6.06. The molecule has 0 radical (unpaired) electrons. The van der Waals surface area contributed by atoms with Crippen LogP contribution in [0.1, 0.15) is 28.4 Å². The third kappa shape index (κ3) is 2.96. The van der Waals surface area contributed by atoms with E-state index in [2.05, 4.69) is 0 Å². The molecule has 0 aliphatic heterocycles. The van der Waals surface area contributed by atoms with E-state index in [0.717, 1.165) is 11.1 Å². The van der Waals surface area contributed by atoms with Gasteiger partial charge in [-0.2, -0.15) is 0 Å². The van der Waals surface area contributed by atoms with Crippen LogP contribution in [0.25, 0.3) is 0 Å². The number of rotatable bonds is 3. The number of benzene rings is 2. The van der Waals surface area contributed by atoms with Gasteiger partial charge in [-0.05, 0) is 48.2 Å². The van der Waals surface area contributed by atoms with E-state index in [1.54, 1.807) is 12.1 Å². The van der Waals surface area contributed by atoms with Crippen molar-refractivity contribution in [3.05, 3.63) is 70.5 Å². The van der Waals surface area contributed by atoms with Crippen molar-refractivity contribution in [1.29, 1.82) is 0 Å². The van der Waals surface area contributed by atoms with Gasteiger partial charge < -0.3 is 5.11 Å². The molecular formula is C16H17FO. The Balaban J connectivity index is 2.13. The van der Waals surface area contributed by atoms with E-state index in [-0.39, 0.29) is 5.82 Å². The summed E-state index contributed by atoms with van der Waals surface area (Å²) in [5.74, 6) is -0.251. The molecule has 0 amide bonds. The van der Waals surface area contributed by atoms with Crippen LogP contribution in [0.2, 0.25) is 0 Å². The number of aliphatic hydroxyl groups is 1. The lowest BCUT2D eigenvalue weighted by molar-refractivity contribution is 0.178. The van der Waals surface area contributed by atoms with E-state index >= 15 is 0 Å². The minimum Gasteiger partial charge on any atom is -0.388 e. The Morgan fingerprint density at radius 2 is 1.67 bits per heavy atom. The smallest absolute Gasteiger partial charge is 0.123 e. The van der Waals surface area contributed by atoms with Gasteiger partial charge in [-0.25, -0.2) is 4.39 Å². The highest BCUT2D eigenvalue weighted by Crippen LogP contribution is 2.21. The van der Waals surface area contributed by atoms with Crippen molar-refractivity contribution in [3.63, 3.8) is 0 Å². The van der Waals surface area contributed by atoms with Gasteiger partial charge in [0.15, 0.2) is 0 Å². The second-order valence-corrected chi connectivity index (χ2v) is 4.69. The number of aliphatic hydroxyl groups excluding tert-OH is 1. The van der Waals surface area contributed by atoms with Crippen molar-refractivity contribution < 1.29 is 9.50 Å². The van der Waals surface area contributed by atoms with E-state index in [1.165, 1.54) is 23.3 Å². The Bertz CT molecular complexity index is 531. The molecule has 0 saturated heterocycles. The summed E-state index contributed by atoms with van der Waals surface area (Å²) in [7, 11) is 0. The largest absolute Gasteiger partial charge is 0.388 e. The molecule has 1 N–H and O–H groups in total. The predicted molar refractivity (Wildman–Crippen MR) is 71.0 cm³/mol. The molecule has 2 aromatic carbocycles. The number of aryl methyl sites for hydroxylation is 2. The molecule has 0 aromatic heterocycles. The summed E-state index contributed by atoms with van der Waals surface area (Å²) < 4.78 is 12.8. The Morgan fingerprint density at radius 1 is 1.00 bits per heavy atom. The second-order valence-electron chi connectivity index (χ2n) is 4.69. The van der Waals surface area contributed by atoms with E-state index in [9.17, 15) is 9.50 Å². The monoisotopic (exact) mass is 244 g/mol. The summed E-state index contributed by atoms with van der Waals surface area (Å²) in [6, 6.07) is 12.2. The molecule has 0 spiro atoms. The molecule has 0 fully saturated rings. The molecule has 94 valence electrons. The predicted octanol–water partition coefficient (Wildman–Crippen LogP) is 3.72. The van der Waals surface area contributed by atoms with Crippen molar-refractivity contribution >= 4 is 0 Å². The maximum Gasteiger partial charge on any atom is 0.123 e. The Kier molecular flexibility index (Phi) is 3.78. The van der Waals surface area contributed by atoms with Crippen LogP contribution in [0.15, 0.2) is 42.5 Å². The lowest BCUT2D eigenvalue weighted by Crippen LogP contribution is -2.02. The van der Waals surface area contributed by atoms with Gasteiger partial charge >= 0.3 is 0 Å². The van der Waals surface area contributed by atoms with Crippen LogP contribution in [-0.4, -0.2) is 5.11 Å². The van der Waals surface area contributed by atoms with Crippen molar-refractivity contribution in [3.8, 4) is 0 Å². The van der Waals surface area contributed by atoms with Gasteiger partial charge in [-0.15, -0.1) is 0 Å². The van der Waals surface area contributed by atoms with Crippen molar-refractivity contribution in [2.75, 3.05) is 0 Å². The quantitative estimate of drug-likeness (QED) is 0.872. The molecule has 2 aromatic rings. The Hall–Kier alpha value is -1.67. The van der Waals surface area contributed by atoms with E-state index < -0.39 is 6.10 Å². The fourth-order valence-corrected chi connectivity index (χ4v) is 1.93. The molecule has 0 aliphatic carbocycles. The Labute approximate surface area is 107 Å². The minimum absolute atomic E-state index is 0.251. The molecule has 0 saturated carbocycles. The average Bonchev–Trinajstić information content (AvgIpc) is 2.35. The Morgan fingerprint density at radius 3 is 2.28 bits per heavy atom. The molecule has 18 heavy (non-hydrogen) atoms. The highest BCUT2D eigenvalue weighted by atomic mass is 19.1. The third-order valence-electron chi connectivity index (χ3n) is 3.26. The van der Waals surface area contributed by atoms with E-state index in [0.29, 0.717) is 6.42 Å². The van der Waals surface area contributed by atoms with Gasteiger partial charge in [0.1, 0.15) is 5.82 Å². The van der Waals surface area contributed by atoms with Crippen molar-refractivity contribution in [2.24, 2.45) is 0 Å². The highest BCUT2D eigenvalue weighted by Gasteiger charge is 2.09. The summed E-state index contributed by atoms with van der Waals surface area (Å²) in [4.78, 5) is 0. The molecule has 2 heteroatoms. The summed E-state index contributed by atoms with van der Waals surface area (Å²) in [5, 5.41) is 10.2. The molecule has 1 nitrogen and oxygen atoms in total. The van der Waals surface area contributed by atoms with Crippen LogP contribution >= 0.6 is 0 Å². The zero-order valence-corrected chi connectivity index (χ0v) is 10.7. The van der Waals surface area contributed by atoms with Crippen LogP contribution in [0, 0.1) is 19.7 Å². The molecular weight excluding hydrogens is 227 g/mol. The van der Waals surface area contributed by atoms with Crippen LogP contribution in [0.5, 0.6) is 0 Å². The number of halogens is 1. The van der Waals surface area contributed by atoms with Gasteiger partial charge in [-0.3, -0.25) is 0 Å². The van der Waals surface area contributed by atoms with Crippen molar-refractivity contribution in [1.82, 2.24) is 0 Å². The molecule has 0 heterocycles. The first kappa shape index (κ1) is 12.8. The van der Waals surface area contributed by atoms with Gasteiger partial charge in [0.2, 0.25) is 0 Å². The fraction of sp³-hybridized carbons (Fsp3) is 0.250. The van der Waals surface area contributed by atoms with E-state index in [4.69, 9.17) is 0 Å². The van der Waals surface area contributed by atoms with Gasteiger partial charge in [0, 0.05) is 6.42 Å².